The Bertz CT molecular complexity index is 1650. The lowest BCUT2D eigenvalue weighted by Crippen LogP contribution is -2.18. The molecular weight excluding hydrogens is 535 g/mol. The van der Waals surface area contributed by atoms with Gasteiger partial charge in [0.2, 0.25) is 5.95 Å². The van der Waals surface area contributed by atoms with E-state index in [1.165, 1.54) is 56.4 Å². The molecule has 3 aromatic carbocycles. The number of fused-ring (bicyclic) bond motifs is 2. The second-order valence-electron chi connectivity index (χ2n) is 10.6. The van der Waals surface area contributed by atoms with Gasteiger partial charge in [0.05, 0.1) is 16.2 Å². The van der Waals surface area contributed by atoms with Crippen molar-refractivity contribution < 1.29 is 12.8 Å². The van der Waals surface area contributed by atoms with Crippen molar-refractivity contribution >= 4 is 44.2 Å². The molecule has 2 atom stereocenters. The maximum absolute atomic E-state index is 15.1. The minimum absolute atomic E-state index is 0.0664. The van der Waals surface area contributed by atoms with Gasteiger partial charge in [0.1, 0.15) is 10.7 Å². The van der Waals surface area contributed by atoms with Gasteiger partial charge in [0.15, 0.2) is 0 Å². The summed E-state index contributed by atoms with van der Waals surface area (Å²) in [6.45, 7) is 2.07. The van der Waals surface area contributed by atoms with Crippen LogP contribution in [0.15, 0.2) is 65.7 Å². The van der Waals surface area contributed by atoms with E-state index in [0.717, 1.165) is 40.3 Å². The average Bonchev–Trinajstić information content (AvgIpc) is 3.51. The number of rotatable bonds is 7. The van der Waals surface area contributed by atoms with E-state index >= 15 is 4.39 Å². The first-order valence-corrected chi connectivity index (χ1v) is 15.3. The molecule has 9 heteroatoms. The van der Waals surface area contributed by atoms with Crippen LogP contribution in [0.25, 0.3) is 22.0 Å². The summed E-state index contributed by atoms with van der Waals surface area (Å²) in [4.78, 5) is 9.35. The fraction of sp³-hybridized carbons (Fsp3) is 0.333. The number of halogens is 2. The number of hydrogen-bond acceptors (Lipinski definition) is 5. The number of benzene rings is 3. The number of aryl methyl sites for hydroxylation is 1. The third kappa shape index (κ3) is 5.20. The summed E-state index contributed by atoms with van der Waals surface area (Å²) in [5.41, 5.74) is 3.23. The standard InChI is InChI=1S/C30H30ClFN4O2S/c1-2-18-12-22(13-23-17-33-30(35-29(18)23)34-24-14-19-6-5-7-20(19)15-24)21-10-11-27(26(32)16-21)36-39(37,38)28-9-4-3-8-25(28)31/h3-4,8-13,16-17,19-20,24,36H,2,5-7,14-15H2,1H3,(H,33,34,35). The second kappa shape index (κ2) is 10.4. The van der Waals surface area contributed by atoms with Crippen molar-refractivity contribution in [1.82, 2.24) is 9.97 Å². The number of anilines is 2. The monoisotopic (exact) mass is 564 g/mol. The van der Waals surface area contributed by atoms with Crippen LogP contribution in [0.3, 0.4) is 0 Å². The molecule has 6 rings (SSSR count). The zero-order valence-corrected chi connectivity index (χ0v) is 23.2. The van der Waals surface area contributed by atoms with E-state index in [9.17, 15) is 8.42 Å². The molecule has 0 amide bonds. The van der Waals surface area contributed by atoms with Crippen LogP contribution in [0.5, 0.6) is 0 Å². The van der Waals surface area contributed by atoms with E-state index in [1.807, 2.05) is 18.3 Å². The van der Waals surface area contributed by atoms with E-state index in [-0.39, 0.29) is 15.6 Å². The molecule has 2 aliphatic carbocycles. The lowest BCUT2D eigenvalue weighted by atomic mass is 9.98. The molecule has 2 unspecified atom stereocenters. The highest BCUT2D eigenvalue weighted by Crippen LogP contribution is 2.44. The molecule has 202 valence electrons. The topological polar surface area (TPSA) is 84.0 Å². The summed E-state index contributed by atoms with van der Waals surface area (Å²) in [6, 6.07) is 14.9. The van der Waals surface area contributed by atoms with Crippen LogP contribution >= 0.6 is 11.6 Å². The van der Waals surface area contributed by atoms with Gasteiger partial charge in [-0.3, -0.25) is 4.72 Å². The van der Waals surface area contributed by atoms with Gasteiger partial charge in [-0.1, -0.05) is 56.0 Å². The fourth-order valence-electron chi connectivity index (χ4n) is 6.23. The fourth-order valence-corrected chi connectivity index (χ4v) is 7.81. The molecule has 1 aromatic heterocycles. The van der Waals surface area contributed by atoms with Gasteiger partial charge in [-0.15, -0.1) is 0 Å². The Balaban J connectivity index is 1.25. The summed E-state index contributed by atoms with van der Waals surface area (Å²) in [5.74, 6) is 1.67. The van der Waals surface area contributed by atoms with Crippen molar-refractivity contribution in [3.05, 3.63) is 77.2 Å². The van der Waals surface area contributed by atoms with Crippen LogP contribution < -0.4 is 10.0 Å². The summed E-state index contributed by atoms with van der Waals surface area (Å²) >= 11 is 6.04. The summed E-state index contributed by atoms with van der Waals surface area (Å²) in [7, 11) is -4.05. The molecule has 2 saturated carbocycles. The average molecular weight is 565 g/mol. The lowest BCUT2D eigenvalue weighted by Gasteiger charge is -2.15. The van der Waals surface area contributed by atoms with Crippen LogP contribution in [0.1, 0.15) is 44.6 Å². The smallest absolute Gasteiger partial charge is 0.263 e. The van der Waals surface area contributed by atoms with Crippen molar-refractivity contribution in [3.8, 4) is 11.1 Å². The largest absolute Gasteiger partial charge is 0.351 e. The maximum atomic E-state index is 15.1. The predicted molar refractivity (Wildman–Crippen MR) is 154 cm³/mol. The number of nitrogens with zero attached hydrogens (tertiary/aromatic N) is 2. The Morgan fingerprint density at radius 3 is 2.51 bits per heavy atom. The highest BCUT2D eigenvalue weighted by Gasteiger charge is 2.37. The zero-order valence-electron chi connectivity index (χ0n) is 21.6. The van der Waals surface area contributed by atoms with E-state index in [1.54, 1.807) is 18.2 Å². The molecule has 1 heterocycles. The quantitative estimate of drug-likeness (QED) is 0.244. The first kappa shape index (κ1) is 26.0. The molecule has 0 radical (unpaired) electrons. The highest BCUT2D eigenvalue weighted by molar-refractivity contribution is 7.92. The maximum Gasteiger partial charge on any atom is 0.263 e. The molecule has 6 nitrogen and oxygen atoms in total. The number of nitrogens with one attached hydrogen (secondary N) is 2. The van der Waals surface area contributed by atoms with Gasteiger partial charge in [0.25, 0.3) is 10.0 Å². The molecule has 0 aliphatic heterocycles. The molecule has 2 aliphatic rings. The Kier molecular flexibility index (Phi) is 6.93. The Labute approximate surface area is 233 Å². The van der Waals surface area contributed by atoms with Crippen molar-refractivity contribution in [3.63, 3.8) is 0 Å². The van der Waals surface area contributed by atoms with Gasteiger partial charge in [-0.25, -0.2) is 22.8 Å². The molecule has 39 heavy (non-hydrogen) atoms. The van der Waals surface area contributed by atoms with Gasteiger partial charge in [-0.2, -0.15) is 0 Å². The molecular formula is C30H30ClFN4O2S. The molecule has 0 spiro atoms. The lowest BCUT2D eigenvalue weighted by molar-refractivity contribution is 0.457. The van der Waals surface area contributed by atoms with Gasteiger partial charge in [0, 0.05) is 17.6 Å². The normalized spacial score (nSPS) is 20.7. The van der Waals surface area contributed by atoms with Crippen molar-refractivity contribution in [2.45, 2.75) is 56.4 Å². The number of sulfonamides is 1. The Hall–Kier alpha value is -3.23. The second-order valence-corrected chi connectivity index (χ2v) is 12.7. The first-order valence-electron chi connectivity index (χ1n) is 13.4. The summed E-state index contributed by atoms with van der Waals surface area (Å²) in [6.07, 6.45) is 9.03. The van der Waals surface area contributed by atoms with E-state index in [4.69, 9.17) is 16.6 Å². The zero-order chi connectivity index (χ0) is 27.1. The van der Waals surface area contributed by atoms with Crippen molar-refractivity contribution in [2.75, 3.05) is 10.0 Å². The van der Waals surface area contributed by atoms with Crippen LogP contribution in [0.4, 0.5) is 16.0 Å². The highest BCUT2D eigenvalue weighted by atomic mass is 35.5. The van der Waals surface area contributed by atoms with Crippen molar-refractivity contribution in [2.24, 2.45) is 11.8 Å². The van der Waals surface area contributed by atoms with E-state index in [2.05, 4.69) is 21.9 Å². The van der Waals surface area contributed by atoms with Gasteiger partial charge >= 0.3 is 0 Å². The van der Waals surface area contributed by atoms with Crippen LogP contribution in [0, 0.1) is 17.7 Å². The predicted octanol–water partition coefficient (Wildman–Crippen LogP) is 7.44. The summed E-state index contributed by atoms with van der Waals surface area (Å²) < 4.78 is 43.0. The SMILES string of the molecule is CCc1cc(-c2ccc(NS(=O)(=O)c3ccccc3Cl)c(F)c2)cc2cnc(NC3CC4CCCC4C3)nc12. The minimum Gasteiger partial charge on any atom is -0.351 e. The van der Waals surface area contributed by atoms with Crippen molar-refractivity contribution in [1.29, 1.82) is 0 Å². The molecule has 0 saturated heterocycles. The third-order valence-corrected chi connectivity index (χ3v) is 10.0. The summed E-state index contributed by atoms with van der Waals surface area (Å²) in [5, 5.41) is 4.51. The molecule has 2 N–H and O–H groups in total. The number of aromatic nitrogens is 2. The van der Waals surface area contributed by atoms with Gasteiger partial charge < -0.3 is 5.32 Å². The van der Waals surface area contributed by atoms with Gasteiger partial charge in [-0.05, 0) is 84.2 Å². The molecule has 4 aromatic rings. The Morgan fingerprint density at radius 1 is 1.03 bits per heavy atom. The minimum atomic E-state index is -4.05. The van der Waals surface area contributed by atoms with E-state index < -0.39 is 15.8 Å². The first-order chi connectivity index (χ1) is 18.8. The van der Waals surface area contributed by atoms with Crippen LogP contribution in [0.2, 0.25) is 5.02 Å². The molecule has 2 fully saturated rings. The van der Waals surface area contributed by atoms with Crippen LogP contribution in [-0.4, -0.2) is 24.4 Å². The number of hydrogen-bond donors (Lipinski definition) is 2. The van der Waals surface area contributed by atoms with E-state index in [0.29, 0.717) is 17.6 Å². The Morgan fingerprint density at radius 2 is 1.79 bits per heavy atom. The molecule has 0 bridgehead atoms. The third-order valence-electron chi connectivity index (χ3n) is 8.14. The van der Waals surface area contributed by atoms with Crippen LogP contribution in [-0.2, 0) is 16.4 Å².